The molecule has 1 amide bonds. The van der Waals surface area contributed by atoms with E-state index in [0.29, 0.717) is 11.7 Å². The van der Waals surface area contributed by atoms with E-state index in [0.717, 1.165) is 31.7 Å². The van der Waals surface area contributed by atoms with Crippen molar-refractivity contribution < 1.29 is 9.53 Å². The Balaban J connectivity index is 1.59. The second-order valence-corrected chi connectivity index (χ2v) is 5.88. The van der Waals surface area contributed by atoms with Crippen LogP contribution in [0.25, 0.3) is 0 Å². The zero-order valence-electron chi connectivity index (χ0n) is 13.8. The zero-order valence-corrected chi connectivity index (χ0v) is 13.8. The topological polar surface area (TPSA) is 67.4 Å². The van der Waals surface area contributed by atoms with E-state index in [1.165, 1.54) is 5.56 Å². The second kappa shape index (κ2) is 7.77. The molecule has 1 atom stereocenters. The van der Waals surface area contributed by atoms with Gasteiger partial charge >= 0.3 is 0 Å². The minimum Gasteiger partial charge on any atom is -0.482 e. The number of nitrogens with zero attached hydrogens (tertiary/aromatic N) is 3. The maximum Gasteiger partial charge on any atom is 0.260 e. The van der Waals surface area contributed by atoms with Gasteiger partial charge in [-0.05, 0) is 42.7 Å². The molecule has 1 aliphatic rings. The third-order valence-electron chi connectivity index (χ3n) is 4.28. The predicted molar refractivity (Wildman–Crippen MR) is 92.1 cm³/mol. The van der Waals surface area contributed by atoms with Gasteiger partial charge in [-0.1, -0.05) is 0 Å². The SMILES string of the molecule is CNc1cc(C2CCCN(C(=O)COc3cccnc3)C2)ccn1. The maximum atomic E-state index is 12.4. The Morgan fingerprint density at radius 2 is 2.33 bits per heavy atom. The fraction of sp³-hybridized carbons (Fsp3) is 0.389. The van der Waals surface area contributed by atoms with Gasteiger partial charge in [-0.2, -0.15) is 0 Å². The molecule has 24 heavy (non-hydrogen) atoms. The lowest BCUT2D eigenvalue weighted by Crippen LogP contribution is -2.41. The second-order valence-electron chi connectivity index (χ2n) is 5.88. The van der Waals surface area contributed by atoms with Crippen LogP contribution in [0.1, 0.15) is 24.3 Å². The summed E-state index contributed by atoms with van der Waals surface area (Å²) in [6.07, 6.45) is 7.19. The van der Waals surface area contributed by atoms with E-state index < -0.39 is 0 Å². The van der Waals surface area contributed by atoms with Crippen molar-refractivity contribution in [3.8, 4) is 5.75 Å². The molecule has 0 radical (unpaired) electrons. The Morgan fingerprint density at radius 3 is 3.12 bits per heavy atom. The Kier molecular flexibility index (Phi) is 5.25. The Labute approximate surface area is 141 Å². The Hall–Kier alpha value is -2.63. The van der Waals surface area contributed by atoms with Crippen molar-refractivity contribution in [2.45, 2.75) is 18.8 Å². The van der Waals surface area contributed by atoms with Crippen LogP contribution in [0.3, 0.4) is 0 Å². The fourth-order valence-electron chi connectivity index (χ4n) is 2.98. The van der Waals surface area contributed by atoms with Crippen molar-refractivity contribution in [3.63, 3.8) is 0 Å². The number of piperidine rings is 1. The van der Waals surface area contributed by atoms with Gasteiger partial charge in [-0.15, -0.1) is 0 Å². The van der Waals surface area contributed by atoms with Crippen molar-refractivity contribution >= 4 is 11.7 Å². The fourth-order valence-corrected chi connectivity index (χ4v) is 2.98. The van der Waals surface area contributed by atoms with Gasteiger partial charge in [0.05, 0.1) is 6.20 Å². The molecule has 1 N–H and O–H groups in total. The predicted octanol–water partition coefficient (Wildman–Crippen LogP) is 2.30. The van der Waals surface area contributed by atoms with Crippen LogP contribution in [-0.2, 0) is 4.79 Å². The summed E-state index contributed by atoms with van der Waals surface area (Å²) in [4.78, 5) is 22.6. The molecule has 0 bridgehead atoms. The molecule has 1 saturated heterocycles. The Morgan fingerprint density at radius 1 is 1.42 bits per heavy atom. The molecule has 0 aliphatic carbocycles. The Bertz CT molecular complexity index is 678. The summed E-state index contributed by atoms with van der Waals surface area (Å²) in [5.41, 5.74) is 1.22. The number of aromatic nitrogens is 2. The lowest BCUT2D eigenvalue weighted by molar-refractivity contribution is -0.134. The normalized spacial score (nSPS) is 17.4. The van der Waals surface area contributed by atoms with Crippen molar-refractivity contribution in [1.29, 1.82) is 0 Å². The number of amides is 1. The summed E-state index contributed by atoms with van der Waals surface area (Å²) in [6.45, 7) is 1.56. The highest BCUT2D eigenvalue weighted by Crippen LogP contribution is 2.27. The minimum atomic E-state index is 0.0199. The van der Waals surface area contributed by atoms with Crippen LogP contribution in [0.2, 0.25) is 0 Å². The lowest BCUT2D eigenvalue weighted by atomic mass is 9.91. The van der Waals surface area contributed by atoms with Gasteiger partial charge in [0.1, 0.15) is 11.6 Å². The molecule has 3 heterocycles. The van der Waals surface area contributed by atoms with Gasteiger partial charge in [0.25, 0.3) is 5.91 Å². The first-order valence-electron chi connectivity index (χ1n) is 8.20. The first-order chi connectivity index (χ1) is 11.8. The summed E-state index contributed by atoms with van der Waals surface area (Å²) < 4.78 is 5.52. The number of rotatable bonds is 5. The number of likely N-dealkylation sites (tertiary alicyclic amines) is 1. The average Bonchev–Trinajstić information content (AvgIpc) is 2.67. The van der Waals surface area contributed by atoms with E-state index in [1.807, 2.05) is 24.2 Å². The van der Waals surface area contributed by atoms with Crippen molar-refractivity contribution in [2.24, 2.45) is 0 Å². The van der Waals surface area contributed by atoms with E-state index in [-0.39, 0.29) is 12.5 Å². The van der Waals surface area contributed by atoms with Crippen LogP contribution in [0.5, 0.6) is 5.75 Å². The van der Waals surface area contributed by atoms with Crippen LogP contribution in [0.15, 0.2) is 42.9 Å². The summed E-state index contributed by atoms with van der Waals surface area (Å²) in [5.74, 6) is 1.84. The van der Waals surface area contributed by atoms with Crippen LogP contribution in [-0.4, -0.2) is 47.5 Å². The summed E-state index contributed by atoms with van der Waals surface area (Å²) >= 11 is 0. The standard InChI is InChI=1S/C18H22N4O2/c1-19-17-10-14(6-8-21-17)15-4-3-9-22(12-15)18(23)13-24-16-5-2-7-20-11-16/h2,5-8,10-11,15H,3-4,9,12-13H2,1H3,(H,19,21). The molecular formula is C18H22N4O2. The van der Waals surface area contributed by atoms with Gasteiger partial charge in [0.15, 0.2) is 6.61 Å². The number of carbonyl (C=O) groups excluding carboxylic acids is 1. The van der Waals surface area contributed by atoms with Crippen molar-refractivity contribution in [1.82, 2.24) is 14.9 Å². The highest BCUT2D eigenvalue weighted by molar-refractivity contribution is 5.78. The number of hydrogen-bond acceptors (Lipinski definition) is 5. The van der Waals surface area contributed by atoms with E-state index in [4.69, 9.17) is 4.74 Å². The quantitative estimate of drug-likeness (QED) is 0.913. The van der Waals surface area contributed by atoms with E-state index in [9.17, 15) is 4.79 Å². The molecule has 2 aromatic heterocycles. The third kappa shape index (κ3) is 4.01. The molecule has 1 fully saturated rings. The number of nitrogens with one attached hydrogen (secondary N) is 1. The molecule has 0 spiro atoms. The highest BCUT2D eigenvalue weighted by Gasteiger charge is 2.25. The van der Waals surface area contributed by atoms with Crippen molar-refractivity contribution in [3.05, 3.63) is 48.4 Å². The van der Waals surface area contributed by atoms with E-state index in [2.05, 4.69) is 21.4 Å². The summed E-state index contributed by atoms with van der Waals surface area (Å²) in [5, 5.41) is 3.06. The third-order valence-corrected chi connectivity index (χ3v) is 4.28. The van der Waals surface area contributed by atoms with Crippen LogP contribution < -0.4 is 10.1 Å². The molecule has 6 nitrogen and oxygen atoms in total. The largest absolute Gasteiger partial charge is 0.482 e. The van der Waals surface area contributed by atoms with Crippen molar-refractivity contribution in [2.75, 3.05) is 32.1 Å². The van der Waals surface area contributed by atoms with E-state index in [1.54, 1.807) is 24.5 Å². The highest BCUT2D eigenvalue weighted by atomic mass is 16.5. The molecule has 0 saturated carbocycles. The number of pyridine rings is 2. The van der Waals surface area contributed by atoms with Crippen LogP contribution in [0, 0.1) is 0 Å². The average molecular weight is 326 g/mol. The first kappa shape index (κ1) is 16.2. The summed E-state index contributed by atoms with van der Waals surface area (Å²) in [6, 6.07) is 7.69. The molecule has 1 unspecified atom stereocenters. The van der Waals surface area contributed by atoms with Gasteiger partial charge in [-0.3, -0.25) is 9.78 Å². The lowest BCUT2D eigenvalue weighted by Gasteiger charge is -2.33. The molecule has 6 heteroatoms. The smallest absolute Gasteiger partial charge is 0.260 e. The first-order valence-corrected chi connectivity index (χ1v) is 8.20. The molecule has 126 valence electrons. The number of carbonyl (C=O) groups is 1. The van der Waals surface area contributed by atoms with Crippen LogP contribution in [0.4, 0.5) is 5.82 Å². The number of hydrogen-bond donors (Lipinski definition) is 1. The summed E-state index contributed by atoms with van der Waals surface area (Å²) in [7, 11) is 1.86. The number of ether oxygens (including phenoxy) is 1. The van der Waals surface area contributed by atoms with Gasteiger partial charge in [-0.25, -0.2) is 4.98 Å². The zero-order chi connectivity index (χ0) is 16.8. The van der Waals surface area contributed by atoms with Gasteiger partial charge in [0.2, 0.25) is 0 Å². The molecule has 0 aromatic carbocycles. The molecule has 1 aliphatic heterocycles. The maximum absolute atomic E-state index is 12.4. The van der Waals surface area contributed by atoms with Gasteiger partial charge in [0, 0.05) is 38.4 Å². The minimum absolute atomic E-state index is 0.0199. The van der Waals surface area contributed by atoms with Crippen LogP contribution >= 0.6 is 0 Å². The molecule has 2 aromatic rings. The van der Waals surface area contributed by atoms with E-state index >= 15 is 0 Å². The molecular weight excluding hydrogens is 304 g/mol. The molecule has 3 rings (SSSR count). The van der Waals surface area contributed by atoms with Gasteiger partial charge < -0.3 is 15.0 Å². The monoisotopic (exact) mass is 326 g/mol. The number of anilines is 1.